The lowest BCUT2D eigenvalue weighted by atomic mass is 9.94. The van der Waals surface area contributed by atoms with Crippen molar-refractivity contribution >= 4 is 83.0 Å². The molecule has 7 aromatic carbocycles. The van der Waals surface area contributed by atoms with Crippen molar-refractivity contribution in [2.75, 3.05) is 4.90 Å². The van der Waals surface area contributed by atoms with Gasteiger partial charge < -0.3 is 9.13 Å². The summed E-state index contributed by atoms with van der Waals surface area (Å²) in [6, 6.07) is 52.7. The van der Waals surface area contributed by atoms with Crippen molar-refractivity contribution < 1.29 is 9.59 Å². The maximum absolute atomic E-state index is 15.0. The fourth-order valence-electron chi connectivity index (χ4n) is 8.57. The number of nitrogens with one attached hydrogen (secondary N) is 2. The summed E-state index contributed by atoms with van der Waals surface area (Å²) in [5, 5.41) is 8.75. The van der Waals surface area contributed by atoms with Crippen LogP contribution < -0.4 is 16.0 Å². The molecule has 9 nitrogen and oxygen atoms in total. The molecule has 0 saturated heterocycles. The molecule has 2 N–H and O–H groups in total. The zero-order valence-corrected chi connectivity index (χ0v) is 30.1. The number of anilines is 1. The van der Waals surface area contributed by atoms with Gasteiger partial charge in [-0.1, -0.05) is 84.9 Å². The van der Waals surface area contributed by atoms with Gasteiger partial charge in [0.25, 0.3) is 22.9 Å². The Hall–Kier alpha value is -8.04. The molecule has 1 aliphatic rings. The Kier molecular flexibility index (Phi) is 6.96. The second-order valence-electron chi connectivity index (χ2n) is 14.2. The zero-order chi connectivity index (χ0) is 38.4. The summed E-state index contributed by atoms with van der Waals surface area (Å²) in [5.41, 5.74) is 6.73. The van der Waals surface area contributed by atoms with E-state index >= 15 is 0 Å². The first kappa shape index (κ1) is 32.4. The van der Waals surface area contributed by atoms with E-state index in [1.807, 2.05) is 97.1 Å². The number of hydrogen-bond acceptors (Lipinski definition) is 4. The molecule has 4 heterocycles. The third kappa shape index (κ3) is 4.76. The lowest BCUT2D eigenvalue weighted by Crippen LogP contribution is -2.31. The SMILES string of the molecule is O=C1C(c2ccc3c(c2)c2ccccc2n3-c2ccccc2)=C(c2ccc3c(c2)c2ccccc2n3-c2ccccc2)C(=O)N1c1ccc2c(=O)[nH][nH]c(=O)c2c1. The summed E-state index contributed by atoms with van der Waals surface area (Å²) in [6.07, 6.45) is 0. The summed E-state index contributed by atoms with van der Waals surface area (Å²) in [5.74, 6) is -1.07. The topological polar surface area (TPSA) is 113 Å². The molecule has 0 unspecified atom stereocenters. The molecule has 1 aliphatic heterocycles. The van der Waals surface area contributed by atoms with E-state index in [1.165, 1.54) is 18.2 Å². The van der Waals surface area contributed by atoms with Crippen LogP contribution >= 0.6 is 0 Å². The van der Waals surface area contributed by atoms with E-state index in [4.69, 9.17) is 0 Å². The second kappa shape index (κ2) is 12.2. The molecule has 3 aromatic heterocycles. The van der Waals surface area contributed by atoms with Gasteiger partial charge in [0.05, 0.1) is 49.7 Å². The van der Waals surface area contributed by atoms with Gasteiger partial charge in [0.2, 0.25) is 0 Å². The van der Waals surface area contributed by atoms with Crippen LogP contribution in [0.1, 0.15) is 11.1 Å². The van der Waals surface area contributed by atoms with E-state index in [2.05, 4.69) is 67.9 Å². The largest absolute Gasteiger partial charge is 0.309 e. The average Bonchev–Trinajstić information content (AvgIpc) is 3.86. The molecule has 0 fully saturated rings. The van der Waals surface area contributed by atoms with Gasteiger partial charge in [-0.2, -0.15) is 0 Å². The quantitative estimate of drug-likeness (QED) is 0.172. The van der Waals surface area contributed by atoms with Crippen LogP contribution in [0, 0.1) is 0 Å². The lowest BCUT2D eigenvalue weighted by molar-refractivity contribution is -0.119. The van der Waals surface area contributed by atoms with Gasteiger partial charge in [0.15, 0.2) is 0 Å². The Morgan fingerprint density at radius 2 is 0.772 bits per heavy atom. The molecule has 0 aliphatic carbocycles. The second-order valence-corrected chi connectivity index (χ2v) is 14.2. The highest BCUT2D eigenvalue weighted by molar-refractivity contribution is 6.57. The van der Waals surface area contributed by atoms with Crippen LogP contribution in [-0.2, 0) is 9.59 Å². The smallest absolute Gasteiger partial charge is 0.270 e. The molecule has 270 valence electrons. The maximum atomic E-state index is 15.0. The van der Waals surface area contributed by atoms with E-state index in [0.717, 1.165) is 59.9 Å². The number of aromatic nitrogens is 4. The molecule has 9 heteroatoms. The lowest BCUT2D eigenvalue weighted by Gasteiger charge is -2.16. The average molecular weight is 740 g/mol. The highest BCUT2D eigenvalue weighted by Crippen LogP contribution is 2.43. The first-order valence-electron chi connectivity index (χ1n) is 18.5. The highest BCUT2D eigenvalue weighted by Gasteiger charge is 2.41. The van der Waals surface area contributed by atoms with Gasteiger partial charge in [-0.3, -0.25) is 29.4 Å². The number of fused-ring (bicyclic) bond motifs is 7. The Balaban J connectivity index is 1.17. The number of rotatable bonds is 5. The summed E-state index contributed by atoms with van der Waals surface area (Å²) >= 11 is 0. The Morgan fingerprint density at radius 1 is 0.333 bits per heavy atom. The molecular formula is C48H29N5O4. The Bertz CT molecular complexity index is 3320. The Labute approximate surface area is 322 Å². The van der Waals surface area contributed by atoms with Crippen molar-refractivity contribution in [3.05, 3.63) is 196 Å². The standard InChI is InChI=1S/C48H29N5O4/c54-45-35-22-21-32(27-38(35)46(55)50-49-45)53-47(56)43(28-19-23-41-36(25-28)33-15-7-9-17-39(33)51(41)30-11-3-1-4-12-30)44(48(53)57)29-20-24-42-37(26-29)34-16-8-10-18-40(34)52(42)31-13-5-2-6-14-31/h1-27H,(H,49,54)(H,50,55). The van der Waals surface area contributed by atoms with Gasteiger partial charge in [-0.15, -0.1) is 0 Å². The summed E-state index contributed by atoms with van der Waals surface area (Å²) in [7, 11) is 0. The number of nitrogens with zero attached hydrogens (tertiary/aromatic N) is 3. The minimum Gasteiger partial charge on any atom is -0.309 e. The van der Waals surface area contributed by atoms with Crippen molar-refractivity contribution in [3.63, 3.8) is 0 Å². The summed E-state index contributed by atoms with van der Waals surface area (Å²) < 4.78 is 4.39. The minimum atomic E-state index is -0.542. The van der Waals surface area contributed by atoms with Crippen LogP contribution in [0.5, 0.6) is 0 Å². The van der Waals surface area contributed by atoms with E-state index in [1.54, 1.807) is 0 Å². The molecule has 10 aromatic rings. The van der Waals surface area contributed by atoms with Gasteiger partial charge in [0.1, 0.15) is 0 Å². The summed E-state index contributed by atoms with van der Waals surface area (Å²) in [4.78, 5) is 56.5. The van der Waals surface area contributed by atoms with Crippen molar-refractivity contribution in [1.82, 2.24) is 19.3 Å². The monoisotopic (exact) mass is 739 g/mol. The van der Waals surface area contributed by atoms with Crippen molar-refractivity contribution in [2.45, 2.75) is 0 Å². The first-order chi connectivity index (χ1) is 28.0. The van der Waals surface area contributed by atoms with E-state index in [0.29, 0.717) is 11.1 Å². The third-order valence-electron chi connectivity index (χ3n) is 11.1. The van der Waals surface area contributed by atoms with Crippen molar-refractivity contribution in [1.29, 1.82) is 0 Å². The minimum absolute atomic E-state index is 0.0668. The normalized spacial score (nSPS) is 13.4. The van der Waals surface area contributed by atoms with E-state index in [-0.39, 0.29) is 27.6 Å². The first-order valence-corrected chi connectivity index (χ1v) is 18.5. The van der Waals surface area contributed by atoms with Crippen LogP contribution in [0.2, 0.25) is 0 Å². The van der Waals surface area contributed by atoms with Crippen molar-refractivity contribution in [2.24, 2.45) is 0 Å². The molecule has 0 saturated carbocycles. The van der Waals surface area contributed by atoms with Crippen LogP contribution in [0.15, 0.2) is 173 Å². The zero-order valence-electron chi connectivity index (χ0n) is 30.1. The number of aromatic amines is 2. The molecule has 57 heavy (non-hydrogen) atoms. The Morgan fingerprint density at radius 3 is 1.28 bits per heavy atom. The van der Waals surface area contributed by atoms with Gasteiger partial charge >= 0.3 is 0 Å². The molecule has 0 spiro atoms. The molecule has 0 radical (unpaired) electrons. The predicted molar refractivity (Wildman–Crippen MR) is 226 cm³/mol. The molecule has 0 atom stereocenters. The van der Waals surface area contributed by atoms with Gasteiger partial charge in [-0.25, -0.2) is 4.90 Å². The van der Waals surface area contributed by atoms with Crippen LogP contribution in [-0.4, -0.2) is 31.1 Å². The van der Waals surface area contributed by atoms with Crippen LogP contribution in [0.25, 0.3) is 76.9 Å². The number of hydrogen-bond donors (Lipinski definition) is 2. The number of carbonyl (C=O) groups excluding carboxylic acids is 2. The van der Waals surface area contributed by atoms with Crippen molar-refractivity contribution in [3.8, 4) is 11.4 Å². The van der Waals surface area contributed by atoms with Gasteiger partial charge in [0, 0.05) is 32.9 Å². The maximum Gasteiger partial charge on any atom is 0.270 e. The summed E-state index contributed by atoms with van der Waals surface area (Å²) in [6.45, 7) is 0. The van der Waals surface area contributed by atoms with Crippen LogP contribution in [0.4, 0.5) is 5.69 Å². The molecular weight excluding hydrogens is 711 g/mol. The van der Waals surface area contributed by atoms with E-state index < -0.39 is 22.9 Å². The fourth-order valence-corrected chi connectivity index (χ4v) is 8.57. The number of carbonyl (C=O) groups is 2. The number of imide groups is 1. The number of para-hydroxylation sites is 4. The van der Waals surface area contributed by atoms with Gasteiger partial charge in [-0.05, 0) is 90.0 Å². The number of amides is 2. The molecule has 0 bridgehead atoms. The molecule has 2 amide bonds. The molecule has 11 rings (SSSR count). The third-order valence-corrected chi connectivity index (χ3v) is 11.1. The van der Waals surface area contributed by atoms with Crippen LogP contribution in [0.3, 0.4) is 0 Å². The highest BCUT2D eigenvalue weighted by atomic mass is 16.2. The van der Waals surface area contributed by atoms with E-state index in [9.17, 15) is 19.2 Å². The number of H-pyrrole nitrogens is 2. The predicted octanol–water partition coefficient (Wildman–Crippen LogP) is 8.89. The fraction of sp³-hybridized carbons (Fsp3) is 0. The number of benzene rings is 7.